The fourth-order valence-electron chi connectivity index (χ4n) is 2.17. The van der Waals surface area contributed by atoms with Crippen molar-refractivity contribution in [2.24, 2.45) is 0 Å². The van der Waals surface area contributed by atoms with Crippen molar-refractivity contribution in [2.45, 2.75) is 16.3 Å². The number of aromatic nitrogens is 1. The highest BCUT2D eigenvalue weighted by atomic mass is 127. The minimum atomic E-state index is -1.33. The number of anilines is 1. The highest BCUT2D eigenvalue weighted by Gasteiger charge is 2.46. The summed E-state index contributed by atoms with van der Waals surface area (Å²) >= 11 is 3.11. The molecule has 0 aliphatic carbocycles. The average molecular weight is 416 g/mol. The van der Waals surface area contributed by atoms with E-state index in [1.54, 1.807) is 24.4 Å². The Morgan fingerprint density at radius 3 is 2.95 bits per heavy atom. The van der Waals surface area contributed by atoms with E-state index < -0.39 is 16.7 Å². The van der Waals surface area contributed by atoms with Crippen molar-refractivity contribution in [3.63, 3.8) is 0 Å². The summed E-state index contributed by atoms with van der Waals surface area (Å²) in [6.45, 7) is 0. The molecule has 1 atom stereocenters. The molecule has 0 saturated heterocycles. The van der Waals surface area contributed by atoms with E-state index >= 15 is 0 Å². The van der Waals surface area contributed by atoms with E-state index in [9.17, 15) is 14.3 Å². The van der Waals surface area contributed by atoms with Gasteiger partial charge in [0.05, 0.1) is 5.69 Å². The molecule has 1 aromatic heterocycles. The number of carbonyl (C=O) groups is 1. The van der Waals surface area contributed by atoms with Crippen molar-refractivity contribution in [1.82, 2.24) is 4.98 Å². The lowest BCUT2D eigenvalue weighted by molar-refractivity contribution is -0.139. The molecule has 1 aromatic carbocycles. The number of carboxylic acid groups (broad SMARTS) is 1. The molecule has 0 saturated carbocycles. The number of halogens is 2. The van der Waals surface area contributed by atoms with Gasteiger partial charge in [-0.1, -0.05) is 17.8 Å². The third-order valence-corrected chi connectivity index (χ3v) is 5.17. The molecule has 1 aliphatic rings. The van der Waals surface area contributed by atoms with E-state index in [0.29, 0.717) is 5.03 Å². The first-order chi connectivity index (χ1) is 10.00. The lowest BCUT2D eigenvalue weighted by Gasteiger charge is -2.25. The number of hydrogen-bond acceptors (Lipinski definition) is 4. The van der Waals surface area contributed by atoms with Crippen molar-refractivity contribution in [3.05, 3.63) is 51.5 Å². The zero-order valence-electron chi connectivity index (χ0n) is 10.6. The summed E-state index contributed by atoms with van der Waals surface area (Å²) in [5.41, 5.74) is 1.03. The molecule has 1 unspecified atom stereocenters. The number of rotatable bonds is 3. The Bertz CT molecular complexity index is 701. The SMILES string of the molecule is O=C(O)C1(Nc2ccc(I)cc2F)Cc2cccnc2S1. The van der Waals surface area contributed by atoms with Crippen LogP contribution in [0.5, 0.6) is 0 Å². The van der Waals surface area contributed by atoms with Gasteiger partial charge in [0.15, 0.2) is 4.87 Å². The van der Waals surface area contributed by atoms with Gasteiger partial charge in [-0.25, -0.2) is 14.2 Å². The van der Waals surface area contributed by atoms with Crippen LogP contribution < -0.4 is 5.32 Å². The second kappa shape index (κ2) is 5.45. The number of thioether (sulfide) groups is 1. The summed E-state index contributed by atoms with van der Waals surface area (Å²) in [6.07, 6.45) is 1.87. The van der Waals surface area contributed by atoms with Gasteiger partial charge < -0.3 is 10.4 Å². The fraction of sp³-hybridized carbons (Fsp3) is 0.143. The normalized spacial score (nSPS) is 20.1. The van der Waals surface area contributed by atoms with Crippen molar-refractivity contribution in [1.29, 1.82) is 0 Å². The Kier molecular flexibility index (Phi) is 3.78. The molecule has 108 valence electrons. The maximum Gasteiger partial charge on any atom is 0.340 e. The predicted octanol–water partition coefficient (Wildman–Crippen LogP) is 3.37. The summed E-state index contributed by atoms with van der Waals surface area (Å²) in [4.78, 5) is 14.6. The Labute approximate surface area is 138 Å². The van der Waals surface area contributed by atoms with Gasteiger partial charge in [-0.2, -0.15) is 0 Å². The van der Waals surface area contributed by atoms with Crippen LogP contribution in [0.2, 0.25) is 0 Å². The van der Waals surface area contributed by atoms with Crippen molar-refractivity contribution in [3.8, 4) is 0 Å². The number of aliphatic carboxylic acids is 1. The summed E-state index contributed by atoms with van der Waals surface area (Å²) in [5, 5.41) is 13.1. The van der Waals surface area contributed by atoms with Crippen LogP contribution in [0.4, 0.5) is 10.1 Å². The van der Waals surface area contributed by atoms with Crippen molar-refractivity contribution in [2.75, 3.05) is 5.32 Å². The van der Waals surface area contributed by atoms with Gasteiger partial charge in [0.25, 0.3) is 0 Å². The minimum Gasteiger partial charge on any atom is -0.479 e. The molecule has 7 heteroatoms. The third kappa shape index (κ3) is 2.71. The summed E-state index contributed by atoms with van der Waals surface area (Å²) in [7, 11) is 0. The van der Waals surface area contributed by atoms with Crippen LogP contribution in [0, 0.1) is 9.39 Å². The second-order valence-electron chi connectivity index (χ2n) is 4.63. The number of fused-ring (bicyclic) bond motifs is 1. The summed E-state index contributed by atoms with van der Waals surface area (Å²) < 4.78 is 14.7. The van der Waals surface area contributed by atoms with Crippen LogP contribution in [0.15, 0.2) is 41.6 Å². The quantitative estimate of drug-likeness (QED) is 0.752. The molecule has 2 N–H and O–H groups in total. The van der Waals surface area contributed by atoms with E-state index in [1.807, 2.05) is 28.7 Å². The maximum atomic E-state index is 14.0. The van der Waals surface area contributed by atoms with E-state index in [2.05, 4.69) is 10.3 Å². The number of pyridine rings is 1. The van der Waals surface area contributed by atoms with E-state index in [1.165, 1.54) is 6.07 Å². The molecule has 0 amide bonds. The maximum absolute atomic E-state index is 14.0. The summed E-state index contributed by atoms with van der Waals surface area (Å²) in [6, 6.07) is 8.25. The molecule has 21 heavy (non-hydrogen) atoms. The van der Waals surface area contributed by atoms with Gasteiger partial charge in [-0.05, 0) is 52.4 Å². The predicted molar refractivity (Wildman–Crippen MR) is 86.9 cm³/mol. The molecule has 0 bridgehead atoms. The lowest BCUT2D eigenvalue weighted by Crippen LogP contribution is -2.43. The van der Waals surface area contributed by atoms with Crippen LogP contribution in [0.25, 0.3) is 0 Å². The molecule has 2 heterocycles. The topological polar surface area (TPSA) is 62.2 Å². The standard InChI is InChI=1S/C14H10FIN2O2S/c15-10-6-9(16)3-4-11(10)18-14(13(19)20)7-8-2-1-5-17-12(8)21-14/h1-6,18H,7H2,(H,19,20). The van der Waals surface area contributed by atoms with Crippen LogP contribution in [0.3, 0.4) is 0 Å². The molecule has 2 aromatic rings. The summed E-state index contributed by atoms with van der Waals surface area (Å²) in [5.74, 6) is -1.50. The third-order valence-electron chi connectivity index (χ3n) is 3.17. The smallest absolute Gasteiger partial charge is 0.340 e. The molecular weight excluding hydrogens is 406 g/mol. The van der Waals surface area contributed by atoms with Gasteiger partial charge in [0.2, 0.25) is 0 Å². The molecule has 1 aliphatic heterocycles. The molecule has 4 nitrogen and oxygen atoms in total. The van der Waals surface area contributed by atoms with Gasteiger partial charge in [-0.15, -0.1) is 0 Å². The Balaban J connectivity index is 1.96. The van der Waals surface area contributed by atoms with E-state index in [4.69, 9.17) is 0 Å². The monoisotopic (exact) mass is 416 g/mol. The van der Waals surface area contributed by atoms with E-state index in [0.717, 1.165) is 20.9 Å². The molecule has 3 rings (SSSR count). The highest BCUT2D eigenvalue weighted by molar-refractivity contribution is 14.1. The largest absolute Gasteiger partial charge is 0.479 e. The van der Waals surface area contributed by atoms with Gasteiger partial charge in [-0.3, -0.25) is 0 Å². The lowest BCUT2D eigenvalue weighted by atomic mass is 10.1. The zero-order chi connectivity index (χ0) is 15.0. The first kappa shape index (κ1) is 14.6. The van der Waals surface area contributed by atoms with Gasteiger partial charge in [0.1, 0.15) is 10.8 Å². The second-order valence-corrected chi connectivity index (χ2v) is 7.16. The Morgan fingerprint density at radius 1 is 1.48 bits per heavy atom. The number of hydrogen-bond donors (Lipinski definition) is 2. The van der Waals surface area contributed by atoms with E-state index in [-0.39, 0.29) is 12.1 Å². The van der Waals surface area contributed by atoms with Gasteiger partial charge >= 0.3 is 5.97 Å². The van der Waals surface area contributed by atoms with Crippen LogP contribution in [0.1, 0.15) is 5.56 Å². The average Bonchev–Trinajstić information content (AvgIpc) is 2.81. The Hall–Kier alpha value is -1.35. The van der Waals surface area contributed by atoms with Gasteiger partial charge in [0, 0.05) is 16.2 Å². The number of nitrogens with zero attached hydrogens (tertiary/aromatic N) is 1. The van der Waals surface area contributed by atoms with Crippen LogP contribution in [-0.2, 0) is 11.2 Å². The Morgan fingerprint density at radius 2 is 2.29 bits per heavy atom. The molecule has 0 fully saturated rings. The molecule has 0 spiro atoms. The minimum absolute atomic E-state index is 0.179. The van der Waals surface area contributed by atoms with Crippen LogP contribution >= 0.6 is 34.4 Å². The first-order valence-electron chi connectivity index (χ1n) is 6.10. The fourth-order valence-corrected chi connectivity index (χ4v) is 3.81. The zero-order valence-corrected chi connectivity index (χ0v) is 13.6. The number of benzene rings is 1. The first-order valence-corrected chi connectivity index (χ1v) is 7.99. The molecular formula is C14H10FIN2O2S. The number of carboxylic acids is 1. The van der Waals surface area contributed by atoms with Crippen molar-refractivity contribution >= 4 is 46.0 Å². The highest BCUT2D eigenvalue weighted by Crippen LogP contribution is 2.44. The molecule has 0 radical (unpaired) electrons. The van der Waals surface area contributed by atoms with Crippen molar-refractivity contribution < 1.29 is 14.3 Å². The number of nitrogens with one attached hydrogen (secondary N) is 1. The van der Waals surface area contributed by atoms with Crippen LogP contribution in [-0.4, -0.2) is 20.9 Å².